The molecule has 0 unspecified atom stereocenters. The molecule has 3 heteroatoms. The van der Waals surface area contributed by atoms with Crippen LogP contribution in [0.25, 0.3) is 0 Å². The lowest BCUT2D eigenvalue weighted by Gasteiger charge is -1.97. The van der Waals surface area contributed by atoms with E-state index in [0.29, 0.717) is 17.7 Å². The lowest BCUT2D eigenvalue weighted by molar-refractivity contribution is 0.112. The summed E-state index contributed by atoms with van der Waals surface area (Å²) in [7, 11) is 0. The summed E-state index contributed by atoms with van der Waals surface area (Å²) < 4.78 is 17.8. The minimum atomic E-state index is -0.258. The Morgan fingerprint density at radius 2 is 2.00 bits per heavy atom. The van der Waals surface area contributed by atoms with Gasteiger partial charge in [-0.15, -0.1) is 0 Å². The fourth-order valence-corrected chi connectivity index (χ4v) is 1.36. The Kier molecular flexibility index (Phi) is 2.63. The maximum Gasteiger partial charge on any atom is 0.153 e. The number of carbonyl (C=O) groups excluding carboxylic acids is 1. The third kappa shape index (κ3) is 2.31. The van der Waals surface area contributed by atoms with Crippen LogP contribution in [0.1, 0.15) is 21.7 Å². The zero-order chi connectivity index (χ0) is 10.7. The summed E-state index contributed by atoms with van der Waals surface area (Å²) in [5.74, 6) is 0.440. The average molecular weight is 204 g/mol. The molecule has 2 rings (SSSR count). The van der Waals surface area contributed by atoms with Crippen LogP contribution in [0.4, 0.5) is 4.39 Å². The Hall–Kier alpha value is -1.90. The van der Waals surface area contributed by atoms with E-state index in [9.17, 15) is 9.18 Å². The maximum absolute atomic E-state index is 12.6. The van der Waals surface area contributed by atoms with Crippen LogP contribution >= 0.6 is 0 Å². The smallest absolute Gasteiger partial charge is 0.153 e. The Balaban J connectivity index is 2.14. The molecule has 0 aliphatic rings. The molecule has 2 aromatic rings. The Labute approximate surface area is 86.3 Å². The molecule has 0 bridgehead atoms. The van der Waals surface area contributed by atoms with Crippen molar-refractivity contribution >= 4 is 6.29 Å². The van der Waals surface area contributed by atoms with E-state index >= 15 is 0 Å². The molecule has 0 saturated carbocycles. The number of hydrogen-bond acceptors (Lipinski definition) is 2. The van der Waals surface area contributed by atoms with Gasteiger partial charge in [0.2, 0.25) is 0 Å². The van der Waals surface area contributed by atoms with E-state index in [4.69, 9.17) is 4.42 Å². The number of rotatable bonds is 3. The fraction of sp³-hybridized carbons (Fsp3) is 0.0833. The molecule has 0 amide bonds. The van der Waals surface area contributed by atoms with E-state index in [0.717, 1.165) is 11.8 Å². The van der Waals surface area contributed by atoms with Crippen LogP contribution in [0.15, 0.2) is 41.0 Å². The van der Waals surface area contributed by atoms with Gasteiger partial charge >= 0.3 is 0 Å². The van der Waals surface area contributed by atoms with Gasteiger partial charge in [-0.3, -0.25) is 4.79 Å². The molecule has 0 spiro atoms. The molecule has 0 fully saturated rings. The van der Waals surface area contributed by atoms with Gasteiger partial charge < -0.3 is 4.42 Å². The Bertz CT molecular complexity index is 457. The standard InChI is InChI=1S/C12H9FO2/c13-11-3-1-9(2-4-11)5-12-6-10(7-14)8-15-12/h1-4,6-8H,5H2. The lowest BCUT2D eigenvalue weighted by Crippen LogP contribution is -1.85. The highest BCUT2D eigenvalue weighted by Gasteiger charge is 2.02. The van der Waals surface area contributed by atoms with E-state index in [-0.39, 0.29) is 5.82 Å². The highest BCUT2D eigenvalue weighted by molar-refractivity contribution is 5.74. The predicted molar refractivity (Wildman–Crippen MR) is 53.3 cm³/mol. The van der Waals surface area contributed by atoms with Crippen LogP contribution in [-0.4, -0.2) is 6.29 Å². The van der Waals surface area contributed by atoms with Crippen molar-refractivity contribution in [3.8, 4) is 0 Å². The Morgan fingerprint density at radius 3 is 2.60 bits per heavy atom. The van der Waals surface area contributed by atoms with Crippen molar-refractivity contribution in [3.63, 3.8) is 0 Å². The first kappa shape index (κ1) is 9.65. The normalized spacial score (nSPS) is 10.2. The number of halogens is 1. The fourth-order valence-electron chi connectivity index (χ4n) is 1.36. The summed E-state index contributed by atoms with van der Waals surface area (Å²) >= 11 is 0. The molecule has 2 nitrogen and oxygen atoms in total. The molecule has 1 aromatic heterocycles. The van der Waals surface area contributed by atoms with Crippen molar-refractivity contribution in [3.05, 3.63) is 59.3 Å². The van der Waals surface area contributed by atoms with Crippen LogP contribution in [0.5, 0.6) is 0 Å². The molecule has 0 N–H and O–H groups in total. The largest absolute Gasteiger partial charge is 0.468 e. The molecule has 0 aliphatic heterocycles. The van der Waals surface area contributed by atoms with Crippen LogP contribution < -0.4 is 0 Å². The van der Waals surface area contributed by atoms with Crippen LogP contribution in [0.2, 0.25) is 0 Å². The maximum atomic E-state index is 12.6. The van der Waals surface area contributed by atoms with Crippen molar-refractivity contribution in [1.82, 2.24) is 0 Å². The number of benzene rings is 1. The average Bonchev–Trinajstić information content (AvgIpc) is 2.69. The zero-order valence-corrected chi connectivity index (χ0v) is 7.94. The summed E-state index contributed by atoms with van der Waals surface area (Å²) in [6.07, 6.45) is 2.71. The van der Waals surface area contributed by atoms with E-state index < -0.39 is 0 Å². The number of aldehydes is 1. The molecular formula is C12H9FO2. The van der Waals surface area contributed by atoms with Gasteiger partial charge in [0, 0.05) is 6.42 Å². The van der Waals surface area contributed by atoms with Crippen LogP contribution in [0, 0.1) is 5.82 Å². The van der Waals surface area contributed by atoms with Crippen molar-refractivity contribution in [1.29, 1.82) is 0 Å². The number of hydrogen-bond donors (Lipinski definition) is 0. The highest BCUT2D eigenvalue weighted by atomic mass is 19.1. The van der Waals surface area contributed by atoms with Crippen molar-refractivity contribution in [2.75, 3.05) is 0 Å². The number of furan rings is 1. The SMILES string of the molecule is O=Cc1coc(Cc2ccc(F)cc2)c1. The highest BCUT2D eigenvalue weighted by Crippen LogP contribution is 2.12. The van der Waals surface area contributed by atoms with Gasteiger partial charge in [0.1, 0.15) is 17.8 Å². The monoisotopic (exact) mass is 204 g/mol. The number of carbonyl (C=O) groups is 1. The third-order valence-corrected chi connectivity index (χ3v) is 2.10. The van der Waals surface area contributed by atoms with Gasteiger partial charge in [-0.2, -0.15) is 0 Å². The molecule has 0 aliphatic carbocycles. The second-order valence-corrected chi connectivity index (χ2v) is 3.27. The third-order valence-electron chi connectivity index (χ3n) is 2.10. The summed E-state index contributed by atoms with van der Waals surface area (Å²) in [6, 6.07) is 7.87. The zero-order valence-electron chi connectivity index (χ0n) is 7.94. The molecule has 76 valence electrons. The van der Waals surface area contributed by atoms with E-state index in [2.05, 4.69) is 0 Å². The summed E-state index contributed by atoms with van der Waals surface area (Å²) in [5.41, 5.74) is 1.47. The van der Waals surface area contributed by atoms with Gasteiger partial charge in [0.25, 0.3) is 0 Å². The van der Waals surface area contributed by atoms with Crippen LogP contribution in [-0.2, 0) is 6.42 Å². The minimum absolute atomic E-state index is 0.258. The molecular weight excluding hydrogens is 195 g/mol. The second-order valence-electron chi connectivity index (χ2n) is 3.27. The predicted octanol–water partition coefficient (Wildman–Crippen LogP) is 2.82. The first-order valence-corrected chi connectivity index (χ1v) is 4.55. The molecule has 1 heterocycles. The van der Waals surface area contributed by atoms with Gasteiger partial charge in [-0.05, 0) is 23.8 Å². The molecule has 1 aromatic carbocycles. The summed E-state index contributed by atoms with van der Waals surface area (Å²) in [6.45, 7) is 0. The minimum Gasteiger partial charge on any atom is -0.468 e. The van der Waals surface area contributed by atoms with Gasteiger partial charge in [-0.25, -0.2) is 4.39 Å². The molecule has 0 radical (unpaired) electrons. The lowest BCUT2D eigenvalue weighted by atomic mass is 10.1. The topological polar surface area (TPSA) is 30.2 Å². The first-order chi connectivity index (χ1) is 7.28. The molecule has 0 atom stereocenters. The summed E-state index contributed by atoms with van der Waals surface area (Å²) in [4.78, 5) is 10.4. The van der Waals surface area contributed by atoms with E-state index in [1.165, 1.54) is 18.4 Å². The quantitative estimate of drug-likeness (QED) is 0.719. The summed E-state index contributed by atoms with van der Waals surface area (Å²) in [5, 5.41) is 0. The molecule has 15 heavy (non-hydrogen) atoms. The van der Waals surface area contributed by atoms with Crippen molar-refractivity contribution < 1.29 is 13.6 Å². The van der Waals surface area contributed by atoms with Gasteiger partial charge in [0.15, 0.2) is 6.29 Å². The molecule has 0 saturated heterocycles. The van der Waals surface area contributed by atoms with Crippen molar-refractivity contribution in [2.24, 2.45) is 0 Å². The Morgan fingerprint density at radius 1 is 1.27 bits per heavy atom. The van der Waals surface area contributed by atoms with Gasteiger partial charge in [0.05, 0.1) is 5.56 Å². The van der Waals surface area contributed by atoms with E-state index in [1.807, 2.05) is 0 Å². The van der Waals surface area contributed by atoms with E-state index in [1.54, 1.807) is 18.2 Å². The first-order valence-electron chi connectivity index (χ1n) is 4.55. The second kappa shape index (κ2) is 4.09. The van der Waals surface area contributed by atoms with Crippen LogP contribution in [0.3, 0.4) is 0 Å². The van der Waals surface area contributed by atoms with Gasteiger partial charge in [-0.1, -0.05) is 12.1 Å². The van der Waals surface area contributed by atoms with Crippen molar-refractivity contribution in [2.45, 2.75) is 6.42 Å².